The fourth-order valence-electron chi connectivity index (χ4n) is 3.77. The lowest BCUT2D eigenvalue weighted by molar-refractivity contribution is -0.122. The zero-order valence-corrected chi connectivity index (χ0v) is 9.83. The van der Waals surface area contributed by atoms with E-state index < -0.39 is 0 Å². The summed E-state index contributed by atoms with van der Waals surface area (Å²) in [4.78, 5) is 14.1. The largest absolute Gasteiger partial charge is 0.298 e. The molecule has 84 valence electrons. The molecule has 1 saturated heterocycles. The molecule has 2 aliphatic carbocycles. The van der Waals surface area contributed by atoms with Crippen molar-refractivity contribution in [2.75, 3.05) is 13.6 Å². The van der Waals surface area contributed by atoms with Gasteiger partial charge in [0.1, 0.15) is 5.78 Å². The Bertz CT molecular complexity index is 297. The summed E-state index contributed by atoms with van der Waals surface area (Å²) in [7, 11) is 2.13. The van der Waals surface area contributed by atoms with Gasteiger partial charge in [0.25, 0.3) is 0 Å². The molecule has 0 aromatic carbocycles. The Hall–Kier alpha value is -0.370. The maximum absolute atomic E-state index is 11.8. The number of hydrogen-bond acceptors (Lipinski definition) is 2. The number of nitrogens with zero attached hydrogens (tertiary/aromatic N) is 1. The van der Waals surface area contributed by atoms with E-state index in [1.807, 2.05) is 6.92 Å². The third kappa shape index (κ3) is 1.45. The molecule has 0 bridgehead atoms. The third-order valence-electron chi connectivity index (χ3n) is 4.86. The van der Waals surface area contributed by atoms with Gasteiger partial charge < -0.3 is 0 Å². The fraction of sp³-hybridized carbons (Fsp3) is 0.923. The first-order chi connectivity index (χ1) is 7.16. The first-order valence-electron chi connectivity index (χ1n) is 6.39. The van der Waals surface area contributed by atoms with Crippen LogP contribution in [0.5, 0.6) is 0 Å². The predicted octanol–water partition coefficient (Wildman–Crippen LogP) is 2.09. The van der Waals surface area contributed by atoms with Crippen LogP contribution in [0.1, 0.15) is 39.0 Å². The minimum absolute atomic E-state index is 0.249. The molecular weight excluding hydrogens is 186 g/mol. The van der Waals surface area contributed by atoms with Crippen molar-refractivity contribution in [3.05, 3.63) is 0 Å². The number of likely N-dealkylation sites (tertiary alicyclic amines) is 1. The van der Waals surface area contributed by atoms with E-state index in [4.69, 9.17) is 0 Å². The maximum Gasteiger partial charge on any atom is 0.149 e. The predicted molar refractivity (Wildman–Crippen MR) is 59.6 cm³/mol. The summed E-state index contributed by atoms with van der Waals surface area (Å²) >= 11 is 0. The van der Waals surface area contributed by atoms with E-state index >= 15 is 0 Å². The summed E-state index contributed by atoms with van der Waals surface area (Å²) in [6.07, 6.45) is 6.21. The molecule has 1 heterocycles. The van der Waals surface area contributed by atoms with Crippen molar-refractivity contribution in [3.8, 4) is 0 Å². The number of carbonyl (C=O) groups excluding carboxylic acids is 1. The maximum atomic E-state index is 11.8. The van der Waals surface area contributed by atoms with Gasteiger partial charge in [0.05, 0.1) is 6.04 Å². The fourth-order valence-corrected chi connectivity index (χ4v) is 3.77. The van der Waals surface area contributed by atoms with Crippen molar-refractivity contribution < 1.29 is 4.79 Å². The molecule has 2 saturated carbocycles. The molecule has 0 aromatic rings. The van der Waals surface area contributed by atoms with Gasteiger partial charge in [-0.3, -0.25) is 9.69 Å². The lowest BCUT2D eigenvalue weighted by Crippen LogP contribution is -2.32. The van der Waals surface area contributed by atoms with E-state index in [0.717, 1.165) is 18.3 Å². The zero-order valence-electron chi connectivity index (χ0n) is 9.83. The molecule has 3 fully saturated rings. The first kappa shape index (κ1) is 9.83. The van der Waals surface area contributed by atoms with Crippen molar-refractivity contribution in [3.63, 3.8) is 0 Å². The van der Waals surface area contributed by atoms with Crippen molar-refractivity contribution in [1.82, 2.24) is 4.90 Å². The van der Waals surface area contributed by atoms with Gasteiger partial charge >= 0.3 is 0 Å². The van der Waals surface area contributed by atoms with Crippen LogP contribution >= 0.6 is 0 Å². The summed E-state index contributed by atoms with van der Waals surface area (Å²) < 4.78 is 0. The molecular formula is C13H21NO. The second kappa shape index (κ2) is 3.07. The normalized spacial score (nSPS) is 44.9. The van der Waals surface area contributed by atoms with Gasteiger partial charge in [0, 0.05) is 13.0 Å². The van der Waals surface area contributed by atoms with Crippen molar-refractivity contribution >= 4 is 5.78 Å². The second-order valence-electron chi connectivity index (χ2n) is 5.97. The molecule has 3 atom stereocenters. The van der Waals surface area contributed by atoms with E-state index in [1.54, 1.807) is 0 Å². The van der Waals surface area contributed by atoms with Crippen LogP contribution in [0.15, 0.2) is 0 Å². The summed E-state index contributed by atoms with van der Waals surface area (Å²) in [6, 6.07) is 0.249. The topological polar surface area (TPSA) is 20.3 Å². The van der Waals surface area contributed by atoms with E-state index in [0.29, 0.717) is 17.6 Å². The van der Waals surface area contributed by atoms with Gasteiger partial charge in [-0.25, -0.2) is 0 Å². The summed E-state index contributed by atoms with van der Waals surface area (Å²) in [6.45, 7) is 3.18. The van der Waals surface area contributed by atoms with Crippen LogP contribution in [0.4, 0.5) is 0 Å². The summed E-state index contributed by atoms with van der Waals surface area (Å²) in [5.41, 5.74) is 0.575. The molecule has 0 aromatic heterocycles. The number of ketones is 1. The molecule has 2 heteroatoms. The molecule has 1 aliphatic heterocycles. The Balaban J connectivity index is 1.68. The number of likely N-dealkylation sites (N-methyl/N-ethyl adjacent to an activating group) is 1. The Kier molecular flexibility index (Phi) is 2.01. The number of Topliss-reactive ketones (excluding diaryl/α,β-unsaturated/α-hetero) is 1. The highest BCUT2D eigenvalue weighted by atomic mass is 16.1. The molecule has 0 amide bonds. The van der Waals surface area contributed by atoms with Crippen molar-refractivity contribution in [2.45, 2.75) is 45.1 Å². The van der Waals surface area contributed by atoms with Gasteiger partial charge in [0.15, 0.2) is 0 Å². The first-order valence-corrected chi connectivity index (χ1v) is 6.39. The molecule has 15 heavy (non-hydrogen) atoms. The van der Waals surface area contributed by atoms with Crippen LogP contribution in [0.2, 0.25) is 0 Å². The average molecular weight is 207 g/mol. The molecule has 1 spiro atoms. The van der Waals surface area contributed by atoms with Crippen molar-refractivity contribution in [2.24, 2.45) is 17.3 Å². The molecule has 0 N–H and O–H groups in total. The van der Waals surface area contributed by atoms with Gasteiger partial charge in [-0.05, 0) is 50.0 Å². The van der Waals surface area contributed by atoms with Crippen LogP contribution < -0.4 is 0 Å². The number of rotatable bonds is 3. The smallest absolute Gasteiger partial charge is 0.149 e. The van der Waals surface area contributed by atoms with Crippen molar-refractivity contribution in [1.29, 1.82) is 0 Å². The molecule has 0 radical (unpaired) electrons. The lowest BCUT2D eigenvalue weighted by atomic mass is 9.95. The highest BCUT2D eigenvalue weighted by Crippen LogP contribution is 2.67. The highest BCUT2D eigenvalue weighted by molar-refractivity contribution is 5.84. The number of carbonyl (C=O) groups is 1. The van der Waals surface area contributed by atoms with Crippen LogP contribution in [0.25, 0.3) is 0 Å². The summed E-state index contributed by atoms with van der Waals surface area (Å²) in [5.74, 6) is 2.47. The van der Waals surface area contributed by atoms with E-state index in [2.05, 4.69) is 11.9 Å². The molecule has 2 unspecified atom stereocenters. The minimum atomic E-state index is 0.249. The molecule has 2 nitrogen and oxygen atoms in total. The van der Waals surface area contributed by atoms with Crippen LogP contribution in [0, 0.1) is 17.3 Å². The monoisotopic (exact) mass is 207 g/mol. The van der Waals surface area contributed by atoms with Gasteiger partial charge in [-0.15, -0.1) is 0 Å². The SMILES string of the molecule is CCC(=O)C1C[C@]2(CC2C2CC2)CN1C. The Labute approximate surface area is 92.0 Å². The van der Waals surface area contributed by atoms with Gasteiger partial charge in [-0.2, -0.15) is 0 Å². The third-order valence-corrected chi connectivity index (χ3v) is 4.86. The number of hydrogen-bond donors (Lipinski definition) is 0. The standard InChI is InChI=1S/C13H21NO/c1-3-12(15)11-7-13(8-14(11)2)6-10(13)9-4-5-9/h9-11H,3-8H2,1-2H3/t10?,11?,13-/m1/s1. The van der Waals surface area contributed by atoms with Crippen LogP contribution in [-0.4, -0.2) is 30.3 Å². The minimum Gasteiger partial charge on any atom is -0.298 e. The lowest BCUT2D eigenvalue weighted by Gasteiger charge is -2.16. The van der Waals surface area contributed by atoms with Gasteiger partial charge in [-0.1, -0.05) is 6.92 Å². The highest BCUT2D eigenvalue weighted by Gasteiger charge is 2.63. The van der Waals surface area contributed by atoms with E-state index in [-0.39, 0.29) is 6.04 Å². The average Bonchev–Trinajstić information content (AvgIpc) is 3.06. The Morgan fingerprint density at radius 3 is 2.73 bits per heavy atom. The van der Waals surface area contributed by atoms with E-state index in [9.17, 15) is 4.79 Å². The second-order valence-corrected chi connectivity index (χ2v) is 5.97. The molecule has 3 aliphatic rings. The Morgan fingerprint density at radius 1 is 1.40 bits per heavy atom. The van der Waals surface area contributed by atoms with Gasteiger partial charge in [0.2, 0.25) is 0 Å². The summed E-state index contributed by atoms with van der Waals surface area (Å²) in [5, 5.41) is 0. The Morgan fingerprint density at radius 2 is 2.13 bits per heavy atom. The molecule has 3 rings (SSSR count). The zero-order chi connectivity index (χ0) is 10.6. The van der Waals surface area contributed by atoms with Crippen LogP contribution in [-0.2, 0) is 4.79 Å². The quantitative estimate of drug-likeness (QED) is 0.706. The van der Waals surface area contributed by atoms with E-state index in [1.165, 1.54) is 25.8 Å². The van der Waals surface area contributed by atoms with Crippen LogP contribution in [0.3, 0.4) is 0 Å².